The molecule has 1 aromatic rings. The number of rotatable bonds is 1. The fourth-order valence-electron chi connectivity index (χ4n) is 1.74. The molecule has 0 bridgehead atoms. The van der Waals surface area contributed by atoms with Gasteiger partial charge in [-0.3, -0.25) is 0 Å². The highest BCUT2D eigenvalue weighted by Gasteiger charge is 2.20. The van der Waals surface area contributed by atoms with Crippen LogP contribution in [0.4, 0.5) is 0 Å². The first-order valence-corrected chi connectivity index (χ1v) is 4.50. The third-order valence-corrected chi connectivity index (χ3v) is 2.42. The summed E-state index contributed by atoms with van der Waals surface area (Å²) in [6.07, 6.45) is 1.56. The Morgan fingerprint density at radius 3 is 3.15 bits per heavy atom. The van der Waals surface area contributed by atoms with Crippen molar-refractivity contribution in [3.05, 3.63) is 29.8 Å². The predicted octanol–water partition coefficient (Wildman–Crippen LogP) is 2.47. The SMILES string of the molecule is N#CC[C@H]1CCOc2ccccc21. The van der Waals surface area contributed by atoms with Crippen LogP contribution >= 0.6 is 0 Å². The molecule has 0 fully saturated rings. The van der Waals surface area contributed by atoms with Crippen LogP contribution in [0.1, 0.15) is 24.3 Å². The van der Waals surface area contributed by atoms with E-state index in [0.29, 0.717) is 12.3 Å². The smallest absolute Gasteiger partial charge is 0.122 e. The molecule has 0 spiro atoms. The molecule has 0 saturated carbocycles. The summed E-state index contributed by atoms with van der Waals surface area (Å²) in [4.78, 5) is 0. The summed E-state index contributed by atoms with van der Waals surface area (Å²) in [6, 6.07) is 10.2. The zero-order valence-corrected chi connectivity index (χ0v) is 7.36. The highest BCUT2D eigenvalue weighted by Crippen LogP contribution is 2.34. The Morgan fingerprint density at radius 1 is 1.46 bits per heavy atom. The molecule has 2 heteroatoms. The number of hydrogen-bond acceptors (Lipinski definition) is 2. The molecule has 0 amide bonds. The van der Waals surface area contributed by atoms with Gasteiger partial charge in [0.05, 0.1) is 12.7 Å². The fraction of sp³-hybridized carbons (Fsp3) is 0.364. The molecular weight excluding hydrogens is 162 g/mol. The van der Waals surface area contributed by atoms with E-state index in [1.165, 1.54) is 5.56 Å². The Kier molecular flexibility index (Phi) is 2.18. The van der Waals surface area contributed by atoms with E-state index in [2.05, 4.69) is 12.1 Å². The molecule has 0 N–H and O–H groups in total. The minimum Gasteiger partial charge on any atom is -0.493 e. The summed E-state index contributed by atoms with van der Waals surface area (Å²) in [5, 5.41) is 8.65. The van der Waals surface area contributed by atoms with Gasteiger partial charge < -0.3 is 4.74 Å². The highest BCUT2D eigenvalue weighted by atomic mass is 16.5. The van der Waals surface area contributed by atoms with Gasteiger partial charge in [0.2, 0.25) is 0 Å². The molecule has 0 radical (unpaired) electrons. The van der Waals surface area contributed by atoms with Crippen LogP contribution in [-0.4, -0.2) is 6.61 Å². The maximum Gasteiger partial charge on any atom is 0.122 e. The normalized spacial score (nSPS) is 19.8. The van der Waals surface area contributed by atoms with Gasteiger partial charge >= 0.3 is 0 Å². The second kappa shape index (κ2) is 3.49. The number of fused-ring (bicyclic) bond motifs is 1. The van der Waals surface area contributed by atoms with Crippen molar-refractivity contribution in [3.63, 3.8) is 0 Å². The van der Waals surface area contributed by atoms with E-state index in [1.54, 1.807) is 0 Å². The van der Waals surface area contributed by atoms with Crippen molar-refractivity contribution in [1.29, 1.82) is 5.26 Å². The van der Waals surface area contributed by atoms with Gasteiger partial charge in [0.25, 0.3) is 0 Å². The molecule has 1 heterocycles. The van der Waals surface area contributed by atoms with Gasteiger partial charge in [-0.25, -0.2) is 0 Å². The van der Waals surface area contributed by atoms with Crippen LogP contribution in [0.2, 0.25) is 0 Å². The van der Waals surface area contributed by atoms with Crippen molar-refractivity contribution in [3.8, 4) is 11.8 Å². The number of benzene rings is 1. The quantitative estimate of drug-likeness (QED) is 0.653. The molecule has 0 aliphatic carbocycles. The van der Waals surface area contributed by atoms with Crippen molar-refractivity contribution < 1.29 is 4.74 Å². The van der Waals surface area contributed by atoms with Gasteiger partial charge in [0, 0.05) is 12.3 Å². The number of ether oxygens (including phenoxy) is 1. The van der Waals surface area contributed by atoms with Crippen LogP contribution in [0, 0.1) is 11.3 Å². The van der Waals surface area contributed by atoms with E-state index in [9.17, 15) is 0 Å². The predicted molar refractivity (Wildman–Crippen MR) is 49.5 cm³/mol. The number of hydrogen-bond donors (Lipinski definition) is 0. The average Bonchev–Trinajstić information content (AvgIpc) is 2.19. The molecule has 1 aliphatic heterocycles. The third kappa shape index (κ3) is 1.50. The maximum absolute atomic E-state index is 8.65. The standard InChI is InChI=1S/C11H11NO/c12-7-5-9-6-8-13-11-4-2-1-3-10(9)11/h1-4,9H,5-6,8H2/t9-/m0/s1. The maximum atomic E-state index is 8.65. The van der Waals surface area contributed by atoms with Crippen LogP contribution in [-0.2, 0) is 0 Å². The van der Waals surface area contributed by atoms with Crippen LogP contribution in [0.3, 0.4) is 0 Å². The first kappa shape index (κ1) is 8.12. The van der Waals surface area contributed by atoms with E-state index in [0.717, 1.165) is 18.8 Å². The Hall–Kier alpha value is -1.49. The lowest BCUT2D eigenvalue weighted by atomic mass is 9.91. The first-order valence-electron chi connectivity index (χ1n) is 4.50. The van der Waals surface area contributed by atoms with Gasteiger partial charge in [0.15, 0.2) is 0 Å². The van der Waals surface area contributed by atoms with Gasteiger partial charge in [-0.1, -0.05) is 18.2 Å². The van der Waals surface area contributed by atoms with Crippen LogP contribution in [0.25, 0.3) is 0 Å². The Morgan fingerprint density at radius 2 is 2.31 bits per heavy atom. The zero-order chi connectivity index (χ0) is 9.10. The summed E-state index contributed by atoms with van der Waals surface area (Å²) in [6.45, 7) is 0.739. The van der Waals surface area contributed by atoms with Crippen molar-refractivity contribution in [2.45, 2.75) is 18.8 Å². The largest absolute Gasteiger partial charge is 0.493 e. The van der Waals surface area contributed by atoms with Gasteiger partial charge in [-0.05, 0) is 18.1 Å². The van der Waals surface area contributed by atoms with Crippen molar-refractivity contribution >= 4 is 0 Å². The highest BCUT2D eigenvalue weighted by molar-refractivity contribution is 5.38. The molecule has 0 aromatic heterocycles. The Labute approximate surface area is 77.8 Å². The van der Waals surface area contributed by atoms with Crippen LogP contribution in [0.5, 0.6) is 5.75 Å². The minimum atomic E-state index is 0.370. The second-order valence-corrected chi connectivity index (χ2v) is 3.23. The van der Waals surface area contributed by atoms with Crippen LogP contribution in [0.15, 0.2) is 24.3 Å². The Balaban J connectivity index is 2.32. The lowest BCUT2D eigenvalue weighted by molar-refractivity contribution is 0.268. The van der Waals surface area contributed by atoms with E-state index in [1.807, 2.05) is 18.2 Å². The number of para-hydroxylation sites is 1. The summed E-state index contributed by atoms with van der Waals surface area (Å²) >= 11 is 0. The summed E-state index contributed by atoms with van der Waals surface area (Å²) in [5.41, 5.74) is 1.19. The molecule has 1 atom stereocenters. The van der Waals surface area contributed by atoms with Crippen molar-refractivity contribution in [1.82, 2.24) is 0 Å². The van der Waals surface area contributed by atoms with Crippen molar-refractivity contribution in [2.24, 2.45) is 0 Å². The second-order valence-electron chi connectivity index (χ2n) is 3.23. The Bertz CT molecular complexity index is 340. The summed E-state index contributed by atoms with van der Waals surface area (Å²) < 4.78 is 5.49. The molecule has 0 saturated heterocycles. The summed E-state index contributed by atoms with van der Waals surface area (Å²) in [7, 11) is 0. The topological polar surface area (TPSA) is 33.0 Å². The van der Waals surface area contributed by atoms with Gasteiger partial charge in [0.1, 0.15) is 5.75 Å². The molecule has 2 nitrogen and oxygen atoms in total. The molecule has 1 aliphatic rings. The molecule has 13 heavy (non-hydrogen) atoms. The monoisotopic (exact) mass is 173 g/mol. The van der Waals surface area contributed by atoms with Crippen LogP contribution < -0.4 is 4.74 Å². The molecular formula is C11H11NO. The molecule has 1 aromatic carbocycles. The number of nitriles is 1. The van der Waals surface area contributed by atoms with E-state index in [4.69, 9.17) is 10.00 Å². The lowest BCUT2D eigenvalue weighted by Gasteiger charge is -2.23. The number of nitrogens with zero attached hydrogens (tertiary/aromatic N) is 1. The molecule has 0 unspecified atom stereocenters. The first-order chi connectivity index (χ1) is 6.42. The van der Waals surface area contributed by atoms with Gasteiger partial charge in [-0.15, -0.1) is 0 Å². The van der Waals surface area contributed by atoms with Crippen molar-refractivity contribution in [2.75, 3.05) is 6.61 Å². The fourth-order valence-corrected chi connectivity index (χ4v) is 1.74. The zero-order valence-electron chi connectivity index (χ0n) is 7.36. The summed E-state index contributed by atoms with van der Waals surface area (Å²) in [5.74, 6) is 1.32. The molecule has 2 rings (SSSR count). The van der Waals surface area contributed by atoms with Gasteiger partial charge in [-0.2, -0.15) is 5.26 Å². The minimum absolute atomic E-state index is 0.370. The van der Waals surface area contributed by atoms with E-state index < -0.39 is 0 Å². The van der Waals surface area contributed by atoms with E-state index >= 15 is 0 Å². The van der Waals surface area contributed by atoms with E-state index in [-0.39, 0.29) is 0 Å². The molecule has 66 valence electrons. The average molecular weight is 173 g/mol. The third-order valence-electron chi connectivity index (χ3n) is 2.42. The lowest BCUT2D eigenvalue weighted by Crippen LogP contribution is -2.13.